The minimum atomic E-state index is -2.20. The Morgan fingerprint density at radius 1 is 0.300 bits per heavy atom. The van der Waals surface area contributed by atoms with Crippen LogP contribution < -0.4 is 18.9 Å². The normalized spacial score (nSPS) is 13.2. The van der Waals surface area contributed by atoms with E-state index in [0.717, 1.165) is 66.8 Å². The standard InChI is InChI=1S/C80H120O16Si4/c1-53-37-61-45-63-39-54(2)41-65(70(63)86-30-34-90-74(82)58(6)50-94-98(23,24)78(12,13)14)47-67-43-56(4)44-68(72(67)88-32-36-92-76(84)60(8)52-96-100(27,28)80(18,19)20)48-66-42-55(3)40-64(71(66)87-31-35-91-75(83)59(7)51-95-99(25,26)79(15,16)17)46-62(38-53)69(61)85-29-33-89-73(81)57(5)49-93-97(21,22)77(9,10)11/h37-44H,5-8,29-36,45-52H2,1-4,9-28H3. The number of aryl methyl sites for hydroxylation is 4. The van der Waals surface area contributed by atoms with Crippen molar-refractivity contribution in [2.45, 2.75) is 209 Å². The molecule has 4 aromatic carbocycles. The van der Waals surface area contributed by atoms with Gasteiger partial charge in [0.1, 0.15) is 75.9 Å². The smallest absolute Gasteiger partial charge is 0.335 e. The second-order valence-electron chi connectivity index (χ2n) is 32.9. The summed E-state index contributed by atoms with van der Waals surface area (Å²) in [5.41, 5.74) is 11.4. The van der Waals surface area contributed by atoms with E-state index in [4.69, 9.17) is 55.6 Å². The van der Waals surface area contributed by atoms with Crippen molar-refractivity contribution in [3.63, 3.8) is 0 Å². The zero-order chi connectivity index (χ0) is 75.3. The highest BCUT2D eigenvalue weighted by atomic mass is 28.4. The lowest BCUT2D eigenvalue weighted by Gasteiger charge is -2.36. The van der Waals surface area contributed by atoms with Gasteiger partial charge in [-0.05, 0) is 145 Å². The van der Waals surface area contributed by atoms with E-state index in [1.165, 1.54) is 0 Å². The Kier molecular flexibility index (Phi) is 29.3. The van der Waals surface area contributed by atoms with Gasteiger partial charge >= 0.3 is 23.9 Å². The number of ether oxygens (including phenoxy) is 8. The van der Waals surface area contributed by atoms with Gasteiger partial charge in [0.05, 0.1) is 48.7 Å². The molecule has 0 radical (unpaired) electrons. The van der Waals surface area contributed by atoms with Gasteiger partial charge in [-0.15, -0.1) is 0 Å². The van der Waals surface area contributed by atoms with Crippen LogP contribution in [0.1, 0.15) is 150 Å². The summed E-state index contributed by atoms with van der Waals surface area (Å²) in [6, 6.07) is 16.8. The molecule has 100 heavy (non-hydrogen) atoms. The molecule has 1 aliphatic rings. The molecule has 5 rings (SSSR count). The maximum Gasteiger partial charge on any atom is 0.335 e. The van der Waals surface area contributed by atoms with Gasteiger partial charge in [-0.3, -0.25) is 0 Å². The SMILES string of the molecule is C=C(CO[Si](C)(C)C(C)(C)C)C(=O)OCCOc1c2cc(C)cc1Cc1cc(C)cc(c1OCCOC(=O)C(=C)CO[Si](C)(C)C(C)(C)C)Cc1cc(C)cc(c1OCCOC(=O)C(=C)CO[Si](C)(C)C(C)(C)C)Cc1cc(C)cc(c1OCCOC(=O)C(=C)CO[Si](C)(C)C(C)(C)C)C2. The Morgan fingerprint density at radius 3 is 0.590 bits per heavy atom. The molecule has 0 saturated heterocycles. The minimum Gasteiger partial charge on any atom is -0.489 e. The first-order valence-electron chi connectivity index (χ1n) is 35.0. The Morgan fingerprint density at radius 2 is 0.450 bits per heavy atom. The number of benzene rings is 4. The first-order chi connectivity index (χ1) is 46.0. The van der Waals surface area contributed by atoms with Crippen molar-refractivity contribution in [1.82, 2.24) is 0 Å². The van der Waals surface area contributed by atoms with Crippen molar-refractivity contribution in [2.24, 2.45) is 0 Å². The van der Waals surface area contributed by atoms with Crippen LogP contribution in [0.2, 0.25) is 72.5 Å². The van der Waals surface area contributed by atoms with Crippen LogP contribution in [0, 0.1) is 27.7 Å². The van der Waals surface area contributed by atoms with Crippen molar-refractivity contribution in [3.05, 3.63) is 164 Å². The average molecular weight is 1450 g/mol. The van der Waals surface area contributed by atoms with Crippen molar-refractivity contribution < 1.29 is 74.8 Å². The van der Waals surface area contributed by atoms with Crippen molar-refractivity contribution in [3.8, 4) is 23.0 Å². The van der Waals surface area contributed by atoms with E-state index in [2.05, 4.69) is 210 Å². The summed E-state index contributed by atoms with van der Waals surface area (Å²) in [7, 11) is -8.79. The fourth-order valence-electron chi connectivity index (χ4n) is 10.0. The summed E-state index contributed by atoms with van der Waals surface area (Å²) in [5.74, 6) is 0.0646. The Balaban J connectivity index is 1.65. The number of hydrogen-bond donors (Lipinski definition) is 0. The highest BCUT2D eigenvalue weighted by Crippen LogP contribution is 2.43. The van der Waals surface area contributed by atoms with Crippen molar-refractivity contribution in [2.75, 3.05) is 79.3 Å². The van der Waals surface area contributed by atoms with Crippen LogP contribution in [0.15, 0.2) is 97.1 Å². The van der Waals surface area contributed by atoms with E-state index in [1.54, 1.807) is 0 Å². The molecular weight excluding hydrogens is 1330 g/mol. The van der Waals surface area contributed by atoms with Crippen LogP contribution in [0.25, 0.3) is 0 Å². The third kappa shape index (κ3) is 23.9. The fraction of sp³-hybridized carbons (Fsp3) is 0.550. The molecular formula is C80H120O16Si4. The van der Waals surface area contributed by atoms with Gasteiger partial charge in [0.25, 0.3) is 0 Å². The third-order valence-electron chi connectivity index (χ3n) is 20.1. The van der Waals surface area contributed by atoms with Crippen LogP contribution >= 0.6 is 0 Å². The van der Waals surface area contributed by atoms with E-state index >= 15 is 0 Å². The minimum absolute atomic E-state index is 0.00152. The second kappa shape index (κ2) is 34.7. The highest BCUT2D eigenvalue weighted by Gasteiger charge is 2.41. The number of fused-ring (bicyclic) bond motifs is 8. The molecule has 0 amide bonds. The molecule has 0 heterocycles. The van der Waals surface area contributed by atoms with Gasteiger partial charge in [-0.25, -0.2) is 19.2 Å². The van der Waals surface area contributed by atoms with Crippen LogP contribution in [0.3, 0.4) is 0 Å². The molecule has 0 saturated carbocycles. The molecule has 0 aliphatic heterocycles. The Labute approximate surface area is 603 Å². The largest absolute Gasteiger partial charge is 0.489 e. The van der Waals surface area contributed by atoms with Crippen LogP contribution in [0.5, 0.6) is 23.0 Å². The van der Waals surface area contributed by atoms with E-state index in [0.29, 0.717) is 48.7 Å². The van der Waals surface area contributed by atoms with Crippen molar-refractivity contribution in [1.29, 1.82) is 0 Å². The first kappa shape index (κ1) is 84.3. The Bertz CT molecular complexity index is 3060. The number of rotatable bonds is 32. The molecule has 1 aliphatic carbocycles. The number of carbonyl (C=O) groups excluding carboxylic acids is 4. The molecule has 0 fully saturated rings. The summed E-state index contributed by atoms with van der Waals surface area (Å²) in [4.78, 5) is 54.1. The molecule has 0 atom stereocenters. The molecule has 552 valence electrons. The van der Waals surface area contributed by atoms with Gasteiger partial charge < -0.3 is 55.6 Å². The molecule has 20 heteroatoms. The van der Waals surface area contributed by atoms with Crippen LogP contribution in [0.4, 0.5) is 0 Å². The lowest BCUT2D eigenvalue weighted by Crippen LogP contribution is -2.41. The van der Waals surface area contributed by atoms with Crippen molar-refractivity contribution >= 4 is 57.1 Å². The summed E-state index contributed by atoms with van der Waals surface area (Å²) < 4.78 is 76.3. The number of carbonyl (C=O) groups is 4. The summed E-state index contributed by atoms with van der Waals surface area (Å²) in [5, 5.41) is -0.267. The summed E-state index contributed by atoms with van der Waals surface area (Å²) >= 11 is 0. The first-order valence-corrected chi connectivity index (χ1v) is 46.6. The monoisotopic (exact) mass is 1450 g/mol. The molecule has 16 nitrogen and oxygen atoms in total. The predicted octanol–water partition coefficient (Wildman–Crippen LogP) is 17.6. The average Bonchev–Trinajstić information content (AvgIpc) is 0.776. The number of esters is 4. The van der Waals surface area contributed by atoms with Gasteiger partial charge in [-0.2, -0.15) is 0 Å². The van der Waals surface area contributed by atoms with E-state index in [9.17, 15) is 19.2 Å². The molecule has 4 aromatic rings. The summed E-state index contributed by atoms with van der Waals surface area (Å²) in [6.45, 7) is 66.9. The van der Waals surface area contributed by atoms with Crippen LogP contribution in [-0.2, 0) is 81.5 Å². The molecule has 0 spiro atoms. The fourth-order valence-corrected chi connectivity index (χ4v) is 13.9. The third-order valence-corrected chi connectivity index (χ3v) is 38.0. The zero-order valence-corrected chi connectivity index (χ0v) is 69.3. The zero-order valence-electron chi connectivity index (χ0n) is 65.3. The molecule has 0 unspecified atom stereocenters. The van der Waals surface area contributed by atoms with E-state index < -0.39 is 57.1 Å². The lowest BCUT2D eigenvalue weighted by molar-refractivity contribution is -0.141. The highest BCUT2D eigenvalue weighted by molar-refractivity contribution is 6.75. The quantitative estimate of drug-likeness (QED) is 0.0130. The Hall–Kier alpha value is -6.37. The van der Waals surface area contributed by atoms with Gasteiger partial charge in [0, 0.05) is 25.7 Å². The van der Waals surface area contributed by atoms with Crippen LogP contribution in [-0.4, -0.2) is 136 Å². The number of hydrogen-bond acceptors (Lipinski definition) is 16. The molecule has 0 N–H and O–H groups in total. The van der Waals surface area contributed by atoms with Gasteiger partial charge in [-0.1, -0.05) is 180 Å². The van der Waals surface area contributed by atoms with Gasteiger partial charge in [0.2, 0.25) is 0 Å². The molecule has 8 bridgehead atoms. The van der Waals surface area contributed by atoms with E-state index in [1.807, 2.05) is 27.7 Å². The van der Waals surface area contributed by atoms with E-state index in [-0.39, 0.29) is 122 Å². The summed E-state index contributed by atoms with van der Waals surface area (Å²) in [6.07, 6.45) is 1.27. The predicted molar refractivity (Wildman–Crippen MR) is 411 cm³/mol. The second-order valence-corrected chi connectivity index (χ2v) is 52.1. The maximum atomic E-state index is 13.5. The topological polar surface area (TPSA) is 179 Å². The maximum absolute atomic E-state index is 13.5. The lowest BCUT2D eigenvalue weighted by atomic mass is 9.88. The molecule has 0 aromatic heterocycles. The van der Waals surface area contributed by atoms with Gasteiger partial charge in [0.15, 0.2) is 33.3 Å².